The lowest BCUT2D eigenvalue weighted by Gasteiger charge is -2.15. The number of carbonyl (C=O) groups excluding carboxylic acids is 2. The van der Waals surface area contributed by atoms with E-state index in [-0.39, 0.29) is 5.91 Å². The molecular weight excluding hydrogens is 218 g/mol. The van der Waals surface area contributed by atoms with E-state index in [1.807, 2.05) is 13.8 Å². The quantitative estimate of drug-likeness (QED) is 0.797. The first-order valence-corrected chi connectivity index (χ1v) is 5.69. The maximum Gasteiger partial charge on any atom is 0.341 e. The summed E-state index contributed by atoms with van der Waals surface area (Å²) in [6, 6.07) is 6.87. The van der Waals surface area contributed by atoms with Gasteiger partial charge in [0.25, 0.3) is 5.91 Å². The summed E-state index contributed by atoms with van der Waals surface area (Å²) in [6.07, 6.45) is -0.166. The van der Waals surface area contributed by atoms with E-state index in [2.05, 4.69) is 5.32 Å². The van der Waals surface area contributed by atoms with Gasteiger partial charge in [0.15, 0.2) is 6.10 Å². The van der Waals surface area contributed by atoms with Crippen molar-refractivity contribution in [3.05, 3.63) is 29.8 Å². The van der Waals surface area contributed by atoms with E-state index in [4.69, 9.17) is 4.74 Å². The fraction of sp³-hybridized carbons (Fsp3) is 0.385. The molecule has 0 spiro atoms. The highest BCUT2D eigenvalue weighted by molar-refractivity contribution is 6.06. The number of esters is 1. The summed E-state index contributed by atoms with van der Waals surface area (Å²) in [7, 11) is 0. The smallest absolute Gasteiger partial charge is 0.341 e. The third-order valence-electron chi connectivity index (χ3n) is 2.63. The number of hydrogen-bond donors (Lipinski definition) is 1. The number of nitrogens with one attached hydrogen (secondary N) is 1. The molecule has 0 saturated heterocycles. The maximum absolute atomic E-state index is 11.9. The highest BCUT2D eigenvalue weighted by Gasteiger charge is 2.29. The van der Waals surface area contributed by atoms with Crippen LogP contribution in [-0.4, -0.2) is 18.0 Å². The number of amides is 1. The van der Waals surface area contributed by atoms with Gasteiger partial charge in [-0.15, -0.1) is 0 Å². The second kappa shape index (κ2) is 4.57. The minimum Gasteiger partial charge on any atom is -0.449 e. The summed E-state index contributed by atoms with van der Waals surface area (Å²) in [5, 5.41) is 2.72. The summed E-state index contributed by atoms with van der Waals surface area (Å²) < 4.78 is 5.21. The van der Waals surface area contributed by atoms with Gasteiger partial charge in [0.05, 0.1) is 11.3 Å². The van der Waals surface area contributed by atoms with E-state index >= 15 is 0 Å². The normalized spacial score (nSPS) is 19.4. The number of carbonyl (C=O) groups is 2. The molecule has 1 atom stereocenters. The summed E-state index contributed by atoms with van der Waals surface area (Å²) in [5.41, 5.74) is 0.931. The summed E-state index contributed by atoms with van der Waals surface area (Å²) in [4.78, 5) is 23.7. The molecule has 1 N–H and O–H groups in total. The molecule has 0 radical (unpaired) electrons. The van der Waals surface area contributed by atoms with Gasteiger partial charge in [-0.1, -0.05) is 26.0 Å². The molecule has 0 saturated carbocycles. The fourth-order valence-corrected chi connectivity index (χ4v) is 1.81. The Balaban J connectivity index is 2.28. The van der Waals surface area contributed by atoms with Crippen molar-refractivity contribution in [1.29, 1.82) is 0 Å². The predicted octanol–water partition coefficient (Wildman–Crippen LogP) is 2.21. The number of anilines is 1. The van der Waals surface area contributed by atoms with Crippen LogP contribution in [0, 0.1) is 5.92 Å². The minimum absolute atomic E-state index is 0.253. The number of rotatable bonds is 2. The highest BCUT2D eigenvalue weighted by Crippen LogP contribution is 2.23. The molecule has 0 aliphatic carbocycles. The Labute approximate surface area is 100.0 Å². The third kappa shape index (κ3) is 2.46. The molecule has 1 aromatic rings. The molecule has 4 nitrogen and oxygen atoms in total. The van der Waals surface area contributed by atoms with Gasteiger partial charge in [0.1, 0.15) is 0 Å². The van der Waals surface area contributed by atoms with E-state index in [9.17, 15) is 9.59 Å². The van der Waals surface area contributed by atoms with Crippen molar-refractivity contribution in [2.45, 2.75) is 26.4 Å². The Bertz CT molecular complexity index is 454. The Kier molecular flexibility index (Phi) is 3.13. The van der Waals surface area contributed by atoms with Gasteiger partial charge >= 0.3 is 5.97 Å². The van der Waals surface area contributed by atoms with Crippen molar-refractivity contribution in [3.8, 4) is 0 Å². The standard InChI is InChI=1S/C13H15NO3/c1-8(2)7-11-12(15)14-10-6-4-3-5-9(10)13(16)17-11/h3-6,8,11H,7H2,1-2H3,(H,14,15)/t11-/m1/s1. The molecule has 1 aromatic carbocycles. The van der Waals surface area contributed by atoms with Gasteiger partial charge in [-0.3, -0.25) is 4.79 Å². The molecule has 1 aliphatic rings. The maximum atomic E-state index is 11.9. The van der Waals surface area contributed by atoms with Crippen LogP contribution in [0.2, 0.25) is 0 Å². The predicted molar refractivity (Wildman–Crippen MR) is 63.7 cm³/mol. The molecule has 0 unspecified atom stereocenters. The first-order valence-electron chi connectivity index (χ1n) is 5.69. The highest BCUT2D eigenvalue weighted by atomic mass is 16.5. The zero-order valence-corrected chi connectivity index (χ0v) is 9.90. The van der Waals surface area contributed by atoms with Crippen LogP contribution in [0.5, 0.6) is 0 Å². The van der Waals surface area contributed by atoms with Crippen molar-refractivity contribution >= 4 is 17.6 Å². The van der Waals surface area contributed by atoms with Gasteiger partial charge in [0.2, 0.25) is 0 Å². The van der Waals surface area contributed by atoms with Crippen LogP contribution in [0.1, 0.15) is 30.6 Å². The van der Waals surface area contributed by atoms with E-state index in [1.165, 1.54) is 0 Å². The van der Waals surface area contributed by atoms with Crippen LogP contribution < -0.4 is 5.32 Å². The summed E-state index contributed by atoms with van der Waals surface area (Å²) in [5.74, 6) is -0.402. The van der Waals surface area contributed by atoms with Crippen molar-refractivity contribution in [1.82, 2.24) is 0 Å². The summed E-state index contributed by atoms with van der Waals surface area (Å²) >= 11 is 0. The molecule has 0 fully saturated rings. The van der Waals surface area contributed by atoms with Gasteiger partial charge in [0, 0.05) is 0 Å². The van der Waals surface area contributed by atoms with E-state index in [0.717, 1.165) is 0 Å². The Morgan fingerprint density at radius 1 is 1.29 bits per heavy atom. The lowest BCUT2D eigenvalue weighted by atomic mass is 10.1. The Morgan fingerprint density at radius 3 is 2.71 bits per heavy atom. The van der Waals surface area contributed by atoms with Crippen LogP contribution in [0.4, 0.5) is 5.69 Å². The first kappa shape index (κ1) is 11.6. The van der Waals surface area contributed by atoms with Gasteiger partial charge in [-0.25, -0.2) is 4.79 Å². The number of hydrogen-bond acceptors (Lipinski definition) is 3. The number of cyclic esters (lactones) is 1. The zero-order valence-electron chi connectivity index (χ0n) is 9.90. The van der Waals surface area contributed by atoms with E-state index in [0.29, 0.717) is 23.6 Å². The zero-order chi connectivity index (χ0) is 12.4. The average Bonchev–Trinajstić information content (AvgIpc) is 2.38. The van der Waals surface area contributed by atoms with Crippen molar-refractivity contribution < 1.29 is 14.3 Å². The lowest BCUT2D eigenvalue weighted by molar-refractivity contribution is -0.125. The Morgan fingerprint density at radius 2 is 2.00 bits per heavy atom. The first-order chi connectivity index (χ1) is 8.08. The molecule has 0 bridgehead atoms. The molecule has 1 aliphatic heterocycles. The van der Waals surface area contributed by atoms with Crippen LogP contribution in [-0.2, 0) is 9.53 Å². The second-order valence-electron chi connectivity index (χ2n) is 4.56. The average molecular weight is 233 g/mol. The lowest BCUT2D eigenvalue weighted by Crippen LogP contribution is -2.30. The molecular formula is C13H15NO3. The molecule has 0 aromatic heterocycles. The minimum atomic E-state index is -0.699. The molecule has 2 rings (SSSR count). The van der Waals surface area contributed by atoms with Crippen LogP contribution in [0.3, 0.4) is 0 Å². The number of benzene rings is 1. The van der Waals surface area contributed by atoms with Crippen LogP contribution in [0.15, 0.2) is 24.3 Å². The van der Waals surface area contributed by atoms with Crippen molar-refractivity contribution in [2.75, 3.05) is 5.32 Å². The molecule has 4 heteroatoms. The molecule has 1 amide bonds. The van der Waals surface area contributed by atoms with Crippen molar-refractivity contribution in [3.63, 3.8) is 0 Å². The molecule has 90 valence electrons. The van der Waals surface area contributed by atoms with Gasteiger partial charge in [-0.05, 0) is 24.5 Å². The molecule has 1 heterocycles. The third-order valence-corrected chi connectivity index (χ3v) is 2.63. The monoisotopic (exact) mass is 233 g/mol. The summed E-state index contributed by atoms with van der Waals surface area (Å²) in [6.45, 7) is 3.97. The van der Waals surface area contributed by atoms with Gasteiger partial charge in [-0.2, -0.15) is 0 Å². The SMILES string of the molecule is CC(C)C[C@H]1OC(=O)c2ccccc2NC1=O. The second-order valence-corrected chi connectivity index (χ2v) is 4.56. The van der Waals surface area contributed by atoms with Crippen LogP contribution >= 0.6 is 0 Å². The number of fused-ring (bicyclic) bond motifs is 1. The molecule has 17 heavy (non-hydrogen) atoms. The number of ether oxygens (including phenoxy) is 1. The van der Waals surface area contributed by atoms with Crippen molar-refractivity contribution in [2.24, 2.45) is 5.92 Å². The van der Waals surface area contributed by atoms with E-state index < -0.39 is 12.1 Å². The fourth-order valence-electron chi connectivity index (χ4n) is 1.81. The Hall–Kier alpha value is -1.84. The number of para-hydroxylation sites is 1. The van der Waals surface area contributed by atoms with Gasteiger partial charge < -0.3 is 10.1 Å². The largest absolute Gasteiger partial charge is 0.449 e. The van der Waals surface area contributed by atoms with Crippen LogP contribution in [0.25, 0.3) is 0 Å². The topological polar surface area (TPSA) is 55.4 Å². The van der Waals surface area contributed by atoms with E-state index in [1.54, 1.807) is 24.3 Å².